The highest BCUT2D eigenvalue weighted by Gasteiger charge is 2.46. The number of nitrogens with zero attached hydrogens (tertiary/aromatic N) is 4. The zero-order valence-corrected chi connectivity index (χ0v) is 15.2. The fourth-order valence-electron chi connectivity index (χ4n) is 4.58. The van der Waals surface area contributed by atoms with E-state index in [-0.39, 0.29) is 16.9 Å². The summed E-state index contributed by atoms with van der Waals surface area (Å²) in [4.78, 5) is 30.0. The summed E-state index contributed by atoms with van der Waals surface area (Å²) < 4.78 is 39.1. The molecule has 3 aliphatic rings. The van der Waals surface area contributed by atoms with E-state index in [1.807, 2.05) is 4.90 Å². The fourth-order valence-corrected chi connectivity index (χ4v) is 4.58. The third-order valence-electron chi connectivity index (χ3n) is 6.15. The Morgan fingerprint density at radius 3 is 2.79 bits per heavy atom. The Labute approximate surface area is 159 Å². The van der Waals surface area contributed by atoms with Crippen LogP contribution in [0, 0.1) is 0 Å². The van der Waals surface area contributed by atoms with Crippen LogP contribution in [0.4, 0.5) is 19.1 Å². The van der Waals surface area contributed by atoms with Crippen LogP contribution in [0.15, 0.2) is 17.1 Å². The number of anilines is 1. The molecule has 2 aliphatic carbocycles. The summed E-state index contributed by atoms with van der Waals surface area (Å²) in [5.74, 6) is 1.19. The molecule has 0 aromatic carbocycles. The van der Waals surface area contributed by atoms with Gasteiger partial charge in [-0.1, -0.05) is 0 Å². The highest BCUT2D eigenvalue weighted by atomic mass is 19.4. The molecule has 1 unspecified atom stereocenters. The lowest BCUT2D eigenvalue weighted by Crippen LogP contribution is -2.46. The Bertz CT molecular complexity index is 984. The van der Waals surface area contributed by atoms with E-state index in [9.17, 15) is 18.0 Å². The molecule has 1 N–H and O–H groups in total. The van der Waals surface area contributed by atoms with E-state index in [0.29, 0.717) is 25.4 Å². The van der Waals surface area contributed by atoms with Crippen LogP contribution in [-0.4, -0.2) is 33.0 Å². The highest BCUT2D eigenvalue weighted by Crippen LogP contribution is 2.45. The van der Waals surface area contributed by atoms with Crippen LogP contribution < -0.4 is 10.5 Å². The van der Waals surface area contributed by atoms with Crippen molar-refractivity contribution in [2.75, 3.05) is 18.0 Å². The minimum Gasteiger partial charge on any atom is -0.340 e. The quantitative estimate of drug-likeness (QED) is 0.852. The lowest BCUT2D eigenvalue weighted by Gasteiger charge is -2.40. The van der Waals surface area contributed by atoms with Crippen molar-refractivity contribution in [1.82, 2.24) is 19.9 Å². The molecule has 5 rings (SSSR count). The Morgan fingerprint density at radius 1 is 1.21 bits per heavy atom. The van der Waals surface area contributed by atoms with Gasteiger partial charge >= 0.3 is 6.18 Å². The zero-order valence-electron chi connectivity index (χ0n) is 15.2. The van der Waals surface area contributed by atoms with Crippen molar-refractivity contribution in [3.63, 3.8) is 0 Å². The fraction of sp³-hybridized carbons (Fsp3) is 0.579. The first kappa shape index (κ1) is 17.6. The Balaban J connectivity index is 1.50. The minimum absolute atomic E-state index is 0.0591. The van der Waals surface area contributed by atoms with Gasteiger partial charge in [-0.15, -0.1) is 0 Å². The van der Waals surface area contributed by atoms with Crippen molar-refractivity contribution in [2.45, 2.75) is 56.0 Å². The van der Waals surface area contributed by atoms with Gasteiger partial charge in [0.15, 0.2) is 0 Å². The molecule has 9 heteroatoms. The van der Waals surface area contributed by atoms with Gasteiger partial charge in [0.2, 0.25) is 5.95 Å². The van der Waals surface area contributed by atoms with Crippen molar-refractivity contribution in [2.24, 2.45) is 0 Å². The molecule has 2 aromatic rings. The van der Waals surface area contributed by atoms with Gasteiger partial charge in [0.05, 0.1) is 5.69 Å². The van der Waals surface area contributed by atoms with Gasteiger partial charge in [0.1, 0.15) is 11.5 Å². The number of nitrogens with one attached hydrogen (secondary N) is 1. The van der Waals surface area contributed by atoms with Gasteiger partial charge in [-0.2, -0.15) is 13.2 Å². The average molecular weight is 391 g/mol. The first-order valence-corrected chi connectivity index (χ1v) is 9.64. The van der Waals surface area contributed by atoms with Gasteiger partial charge in [-0.25, -0.2) is 15.0 Å². The summed E-state index contributed by atoms with van der Waals surface area (Å²) in [6.07, 6.45) is 1.84. The Morgan fingerprint density at radius 2 is 2.04 bits per heavy atom. The Kier molecular flexibility index (Phi) is 3.79. The van der Waals surface area contributed by atoms with E-state index in [0.717, 1.165) is 61.4 Å². The molecule has 1 saturated heterocycles. The summed E-state index contributed by atoms with van der Waals surface area (Å²) in [5, 5.41) is 0. The Hall–Kier alpha value is -2.45. The first-order valence-electron chi connectivity index (χ1n) is 9.64. The second kappa shape index (κ2) is 6.02. The number of H-pyrrole nitrogens is 1. The SMILES string of the molecule is O=c1[nH]c(C2CC2)nc2c1CCC21CCCN(c2nccc(C(F)(F)F)n2)C1. The molecule has 1 aliphatic heterocycles. The molecule has 2 aromatic heterocycles. The molecule has 28 heavy (non-hydrogen) atoms. The summed E-state index contributed by atoms with van der Waals surface area (Å²) in [6, 6.07) is 0.886. The zero-order chi connectivity index (χ0) is 19.5. The number of hydrogen-bond acceptors (Lipinski definition) is 5. The molecule has 1 saturated carbocycles. The molecule has 1 atom stereocenters. The molecule has 1 spiro atoms. The number of aromatic amines is 1. The van der Waals surface area contributed by atoms with Crippen LogP contribution in [0.5, 0.6) is 0 Å². The molecule has 0 radical (unpaired) electrons. The van der Waals surface area contributed by atoms with E-state index < -0.39 is 11.9 Å². The maximum absolute atomic E-state index is 13.0. The van der Waals surface area contributed by atoms with Crippen molar-refractivity contribution in [1.29, 1.82) is 0 Å². The normalized spacial score (nSPS) is 24.6. The van der Waals surface area contributed by atoms with Crippen molar-refractivity contribution in [3.8, 4) is 0 Å². The van der Waals surface area contributed by atoms with Crippen molar-refractivity contribution in [3.05, 3.63) is 45.4 Å². The molecular formula is C19H20F3N5O. The predicted octanol–water partition coefficient (Wildman–Crippen LogP) is 2.94. The maximum Gasteiger partial charge on any atom is 0.433 e. The van der Waals surface area contributed by atoms with Crippen molar-refractivity contribution >= 4 is 5.95 Å². The van der Waals surface area contributed by atoms with Gasteiger partial charge < -0.3 is 9.88 Å². The summed E-state index contributed by atoms with van der Waals surface area (Å²) in [6.45, 7) is 1.08. The van der Waals surface area contributed by atoms with E-state index in [4.69, 9.17) is 4.98 Å². The number of alkyl halides is 3. The standard InChI is InChI=1S/C19H20F3N5O/c20-19(21,22)13-5-8-23-17(24-13)27-9-1-6-18(10-27)7-4-12-14(18)25-15(11-2-3-11)26-16(12)28/h5,8,11H,1-4,6-7,9-10H2,(H,25,26,28). The van der Waals surface area contributed by atoms with E-state index in [2.05, 4.69) is 15.0 Å². The van der Waals surface area contributed by atoms with Gasteiger partial charge in [-0.3, -0.25) is 4.79 Å². The second-order valence-electron chi connectivity index (χ2n) is 8.10. The summed E-state index contributed by atoms with van der Waals surface area (Å²) in [7, 11) is 0. The molecule has 6 nitrogen and oxygen atoms in total. The number of aromatic nitrogens is 4. The summed E-state index contributed by atoms with van der Waals surface area (Å²) in [5.41, 5.74) is 0.264. The number of halogens is 3. The van der Waals surface area contributed by atoms with Gasteiger partial charge in [-0.05, 0) is 44.6 Å². The third kappa shape index (κ3) is 2.87. The van der Waals surface area contributed by atoms with Crippen LogP contribution in [0.3, 0.4) is 0 Å². The van der Waals surface area contributed by atoms with Crippen LogP contribution >= 0.6 is 0 Å². The molecule has 0 amide bonds. The smallest absolute Gasteiger partial charge is 0.340 e. The van der Waals surface area contributed by atoms with Gasteiger partial charge in [0, 0.05) is 36.2 Å². The van der Waals surface area contributed by atoms with Crippen LogP contribution in [0.2, 0.25) is 0 Å². The average Bonchev–Trinajstić information content (AvgIpc) is 3.46. The van der Waals surface area contributed by atoms with E-state index >= 15 is 0 Å². The monoisotopic (exact) mass is 391 g/mol. The number of rotatable bonds is 2. The molecule has 3 heterocycles. The number of piperidine rings is 1. The minimum atomic E-state index is -4.50. The third-order valence-corrected chi connectivity index (χ3v) is 6.15. The lowest BCUT2D eigenvalue weighted by molar-refractivity contribution is -0.141. The predicted molar refractivity (Wildman–Crippen MR) is 95.3 cm³/mol. The maximum atomic E-state index is 13.0. The van der Waals surface area contributed by atoms with E-state index in [1.165, 1.54) is 0 Å². The highest BCUT2D eigenvalue weighted by molar-refractivity contribution is 5.40. The number of hydrogen-bond donors (Lipinski definition) is 1. The molecule has 148 valence electrons. The number of fused-ring (bicyclic) bond motifs is 2. The van der Waals surface area contributed by atoms with Gasteiger partial charge in [0.25, 0.3) is 5.56 Å². The topological polar surface area (TPSA) is 74.8 Å². The second-order valence-corrected chi connectivity index (χ2v) is 8.10. The van der Waals surface area contributed by atoms with Crippen LogP contribution in [-0.2, 0) is 18.0 Å². The van der Waals surface area contributed by atoms with Crippen molar-refractivity contribution < 1.29 is 13.2 Å². The molecular weight excluding hydrogens is 371 g/mol. The lowest BCUT2D eigenvalue weighted by atomic mass is 9.77. The van der Waals surface area contributed by atoms with Crippen LogP contribution in [0.25, 0.3) is 0 Å². The molecule has 2 fully saturated rings. The van der Waals surface area contributed by atoms with Crippen LogP contribution in [0.1, 0.15) is 60.8 Å². The largest absolute Gasteiger partial charge is 0.433 e. The molecule has 0 bridgehead atoms. The summed E-state index contributed by atoms with van der Waals surface area (Å²) >= 11 is 0. The first-order chi connectivity index (χ1) is 13.4. The van der Waals surface area contributed by atoms with E-state index in [1.54, 1.807) is 0 Å².